The number of fused-ring (bicyclic) bond motifs is 1. The van der Waals surface area contributed by atoms with Gasteiger partial charge in [0.2, 0.25) is 0 Å². The lowest BCUT2D eigenvalue weighted by Crippen LogP contribution is -2.55. The fourth-order valence-corrected chi connectivity index (χ4v) is 5.23. The summed E-state index contributed by atoms with van der Waals surface area (Å²) in [6.45, 7) is 10.8. The molecule has 0 saturated carbocycles. The summed E-state index contributed by atoms with van der Waals surface area (Å²) in [5.41, 5.74) is 1.49. The number of thiophene rings is 1. The van der Waals surface area contributed by atoms with Crippen molar-refractivity contribution in [2.24, 2.45) is 4.99 Å². The third-order valence-electron chi connectivity index (χ3n) is 6.00. The molecule has 2 fully saturated rings. The molecule has 1 amide bonds. The molecule has 4 rings (SSSR count). The van der Waals surface area contributed by atoms with Crippen molar-refractivity contribution in [2.45, 2.75) is 38.8 Å². The first-order valence-electron chi connectivity index (χ1n) is 11.0. The molecular weight excluding hydrogens is 513 g/mol. The molecule has 3 aliphatic rings. The van der Waals surface area contributed by atoms with Gasteiger partial charge in [0.15, 0.2) is 5.96 Å². The first kappa shape index (κ1) is 23.7. The Morgan fingerprint density at radius 3 is 2.80 bits per heavy atom. The van der Waals surface area contributed by atoms with Gasteiger partial charge < -0.3 is 19.9 Å². The number of carbonyl (C=O) groups is 1. The van der Waals surface area contributed by atoms with Gasteiger partial charge >= 0.3 is 0 Å². The number of hydrogen-bond donors (Lipinski definition) is 1. The Balaban J connectivity index is 0.00000256. The Hall–Kier alpha value is -0.910. The lowest BCUT2D eigenvalue weighted by Gasteiger charge is -2.37. The average Bonchev–Trinajstić information content (AvgIpc) is 3.44. The molecule has 1 N–H and O–H groups in total. The fraction of sp³-hybridized carbons (Fsp3) is 0.714. The Morgan fingerprint density at radius 2 is 2.07 bits per heavy atom. The van der Waals surface area contributed by atoms with Gasteiger partial charge in [-0.15, -0.1) is 35.3 Å². The van der Waals surface area contributed by atoms with E-state index in [0.29, 0.717) is 0 Å². The van der Waals surface area contributed by atoms with Crippen LogP contribution in [0.3, 0.4) is 0 Å². The van der Waals surface area contributed by atoms with Crippen LogP contribution in [0.1, 0.15) is 30.2 Å². The Morgan fingerprint density at radius 1 is 1.27 bits per heavy atom. The molecule has 1 unspecified atom stereocenters. The second kappa shape index (κ2) is 11.6. The highest BCUT2D eigenvalue weighted by molar-refractivity contribution is 14.0. The van der Waals surface area contributed by atoms with Crippen molar-refractivity contribution in [1.29, 1.82) is 0 Å². The van der Waals surface area contributed by atoms with Crippen LogP contribution in [-0.2, 0) is 22.5 Å². The van der Waals surface area contributed by atoms with Crippen LogP contribution >= 0.6 is 35.3 Å². The molecule has 0 aromatic carbocycles. The van der Waals surface area contributed by atoms with E-state index in [4.69, 9.17) is 9.73 Å². The summed E-state index contributed by atoms with van der Waals surface area (Å²) in [5, 5.41) is 5.64. The van der Waals surface area contributed by atoms with Gasteiger partial charge in [0.1, 0.15) is 6.10 Å². The van der Waals surface area contributed by atoms with E-state index in [2.05, 4.69) is 33.5 Å². The van der Waals surface area contributed by atoms with E-state index >= 15 is 0 Å². The number of halogens is 1. The molecule has 0 bridgehead atoms. The number of nitrogens with zero attached hydrogens (tertiary/aromatic N) is 4. The third-order valence-corrected chi connectivity index (χ3v) is 7.02. The minimum absolute atomic E-state index is 0. The summed E-state index contributed by atoms with van der Waals surface area (Å²) in [6, 6.07) is 2.26. The predicted octanol–water partition coefficient (Wildman–Crippen LogP) is 2.01. The highest BCUT2D eigenvalue weighted by Gasteiger charge is 2.30. The zero-order valence-electron chi connectivity index (χ0n) is 17.8. The van der Waals surface area contributed by atoms with E-state index in [-0.39, 0.29) is 36.0 Å². The van der Waals surface area contributed by atoms with Crippen molar-refractivity contribution in [3.05, 3.63) is 21.9 Å². The topological polar surface area (TPSA) is 60.4 Å². The van der Waals surface area contributed by atoms with Crippen LogP contribution in [0.2, 0.25) is 0 Å². The molecule has 0 radical (unpaired) electrons. The minimum atomic E-state index is -0.211. The van der Waals surface area contributed by atoms with Crippen molar-refractivity contribution in [2.75, 3.05) is 59.0 Å². The standard InChI is InChI=1S/C21H33N5O2S.HI/c1-2-22-21(23-7-9-24-8-5-19-17(16-24)6-15-29-19)26-12-10-25(11-13-26)20(27)18-4-3-14-28-18;/h6,15,18H,2-5,7-14,16H2,1H3,(H,22,23);1H. The Labute approximate surface area is 200 Å². The van der Waals surface area contributed by atoms with Crippen molar-refractivity contribution in [3.63, 3.8) is 0 Å². The van der Waals surface area contributed by atoms with E-state index < -0.39 is 0 Å². The number of hydrogen-bond acceptors (Lipinski definition) is 5. The highest BCUT2D eigenvalue weighted by Crippen LogP contribution is 2.23. The molecule has 7 nitrogen and oxygen atoms in total. The van der Waals surface area contributed by atoms with Gasteiger partial charge in [-0.3, -0.25) is 14.7 Å². The predicted molar refractivity (Wildman–Crippen MR) is 132 cm³/mol. The second-order valence-electron chi connectivity index (χ2n) is 7.94. The minimum Gasteiger partial charge on any atom is -0.368 e. The van der Waals surface area contributed by atoms with Crippen molar-refractivity contribution in [3.8, 4) is 0 Å². The summed E-state index contributed by atoms with van der Waals surface area (Å²) < 4.78 is 5.56. The van der Waals surface area contributed by atoms with Gasteiger partial charge in [0, 0.05) is 63.8 Å². The van der Waals surface area contributed by atoms with Gasteiger partial charge in [0.25, 0.3) is 5.91 Å². The quantitative estimate of drug-likeness (QED) is 0.348. The largest absolute Gasteiger partial charge is 0.368 e. The molecule has 1 aromatic heterocycles. The molecule has 9 heteroatoms. The summed E-state index contributed by atoms with van der Waals surface area (Å²) >= 11 is 1.88. The van der Waals surface area contributed by atoms with Crippen LogP contribution in [0, 0.1) is 0 Å². The average molecular weight is 548 g/mol. The van der Waals surface area contributed by atoms with Crippen LogP contribution in [-0.4, -0.2) is 91.6 Å². The number of guanidine groups is 1. The lowest BCUT2D eigenvalue weighted by atomic mass is 10.1. The summed E-state index contributed by atoms with van der Waals surface area (Å²) in [4.78, 5) is 25.7. The molecule has 1 aromatic rings. The Bertz CT molecular complexity index is 714. The van der Waals surface area contributed by atoms with Crippen LogP contribution in [0.15, 0.2) is 16.4 Å². The first-order valence-corrected chi connectivity index (χ1v) is 11.8. The maximum absolute atomic E-state index is 12.5. The zero-order valence-corrected chi connectivity index (χ0v) is 21.0. The van der Waals surface area contributed by atoms with Crippen molar-refractivity contribution < 1.29 is 9.53 Å². The Kier molecular flexibility index (Phi) is 9.21. The number of carbonyl (C=O) groups excluding carboxylic acids is 1. The molecule has 0 spiro atoms. The SMILES string of the molecule is CCNC(=NCCN1CCc2sccc2C1)N1CCN(C(=O)C2CCCO2)CC1.I. The maximum Gasteiger partial charge on any atom is 0.251 e. The van der Waals surface area contributed by atoms with E-state index in [1.807, 2.05) is 16.2 Å². The van der Waals surface area contributed by atoms with Crippen molar-refractivity contribution in [1.82, 2.24) is 20.0 Å². The molecule has 1 atom stereocenters. The van der Waals surface area contributed by atoms with E-state index in [1.165, 1.54) is 5.56 Å². The summed E-state index contributed by atoms with van der Waals surface area (Å²) in [6.07, 6.45) is 2.82. The molecular formula is C21H34IN5O2S. The number of rotatable bonds is 5. The monoisotopic (exact) mass is 547 g/mol. The highest BCUT2D eigenvalue weighted by atomic mass is 127. The van der Waals surface area contributed by atoms with Gasteiger partial charge in [-0.1, -0.05) is 0 Å². The van der Waals surface area contributed by atoms with Crippen LogP contribution in [0.25, 0.3) is 0 Å². The van der Waals surface area contributed by atoms with Crippen LogP contribution in [0.4, 0.5) is 0 Å². The second-order valence-corrected chi connectivity index (χ2v) is 8.95. The number of aliphatic imine (C=N–C) groups is 1. The van der Waals surface area contributed by atoms with Crippen LogP contribution in [0.5, 0.6) is 0 Å². The molecule has 168 valence electrons. The molecule has 0 aliphatic carbocycles. The lowest BCUT2D eigenvalue weighted by molar-refractivity contribution is -0.142. The van der Waals surface area contributed by atoms with Gasteiger partial charge in [0.05, 0.1) is 6.54 Å². The van der Waals surface area contributed by atoms with E-state index in [9.17, 15) is 4.79 Å². The normalized spacial score (nSPS) is 22.6. The van der Waals surface area contributed by atoms with Crippen molar-refractivity contribution >= 4 is 47.2 Å². The van der Waals surface area contributed by atoms with Gasteiger partial charge in [-0.25, -0.2) is 0 Å². The number of ether oxygens (including phenoxy) is 1. The van der Waals surface area contributed by atoms with E-state index in [1.54, 1.807) is 4.88 Å². The molecule has 3 aliphatic heterocycles. The number of piperazine rings is 1. The summed E-state index contributed by atoms with van der Waals surface area (Å²) in [7, 11) is 0. The third kappa shape index (κ3) is 5.86. The van der Waals surface area contributed by atoms with Gasteiger partial charge in [-0.2, -0.15) is 0 Å². The molecule has 30 heavy (non-hydrogen) atoms. The van der Waals surface area contributed by atoms with Crippen LogP contribution < -0.4 is 5.32 Å². The first-order chi connectivity index (χ1) is 14.2. The maximum atomic E-state index is 12.5. The molecule has 4 heterocycles. The fourth-order valence-electron chi connectivity index (χ4n) is 4.34. The molecule has 2 saturated heterocycles. The summed E-state index contributed by atoms with van der Waals surface area (Å²) in [5.74, 6) is 1.15. The smallest absolute Gasteiger partial charge is 0.251 e. The zero-order chi connectivity index (χ0) is 20.1. The van der Waals surface area contributed by atoms with Gasteiger partial charge in [-0.05, 0) is 43.2 Å². The number of amides is 1. The van der Waals surface area contributed by atoms with E-state index in [0.717, 1.165) is 90.7 Å². The number of nitrogens with one attached hydrogen (secondary N) is 1.